The van der Waals surface area contributed by atoms with Crippen LogP contribution in [0.3, 0.4) is 0 Å². The van der Waals surface area contributed by atoms with Gasteiger partial charge in [0.05, 0.1) is 30.8 Å². The number of sulfonamides is 1. The number of nitrogens with zero attached hydrogens (tertiary/aromatic N) is 1. The van der Waals surface area contributed by atoms with E-state index in [2.05, 4.69) is 5.32 Å². The van der Waals surface area contributed by atoms with Crippen molar-refractivity contribution >= 4 is 21.9 Å². The number of hydrogen-bond acceptors (Lipinski definition) is 7. The van der Waals surface area contributed by atoms with Crippen LogP contribution in [0.15, 0.2) is 53.4 Å². The molecule has 1 fully saturated rings. The van der Waals surface area contributed by atoms with E-state index in [1.54, 1.807) is 13.2 Å². The van der Waals surface area contributed by atoms with Crippen LogP contribution in [-0.4, -0.2) is 64.6 Å². The summed E-state index contributed by atoms with van der Waals surface area (Å²) in [6, 6.07) is 12.7. The molecule has 1 amide bonds. The van der Waals surface area contributed by atoms with Crippen molar-refractivity contribution in [2.24, 2.45) is 0 Å². The number of carbonyl (C=O) groups excluding carboxylic acids is 2. The van der Waals surface area contributed by atoms with E-state index in [1.807, 2.05) is 18.2 Å². The fourth-order valence-electron chi connectivity index (χ4n) is 3.01. The number of amides is 1. The standard InChI is InChI=1S/C21H24N2O7S/c1-28-19-5-3-2-4-17(19)14-22-20(24)15-30-21(25)16-6-8-18(9-7-16)31(26,27)23-10-12-29-13-11-23/h2-9H,10-15H2,1H3,(H,22,24). The maximum Gasteiger partial charge on any atom is 0.338 e. The quantitative estimate of drug-likeness (QED) is 0.604. The molecule has 9 nitrogen and oxygen atoms in total. The van der Waals surface area contributed by atoms with Gasteiger partial charge in [-0.2, -0.15) is 4.31 Å². The highest BCUT2D eigenvalue weighted by Crippen LogP contribution is 2.18. The van der Waals surface area contributed by atoms with Gasteiger partial charge in [-0.3, -0.25) is 4.79 Å². The number of esters is 1. The zero-order valence-corrected chi connectivity index (χ0v) is 17.9. The third kappa shape index (κ3) is 5.81. The van der Waals surface area contributed by atoms with Gasteiger partial charge in [0.25, 0.3) is 5.91 Å². The average molecular weight is 448 g/mol. The molecule has 1 aliphatic heterocycles. The summed E-state index contributed by atoms with van der Waals surface area (Å²) < 4.78 is 42.0. The second-order valence-electron chi connectivity index (χ2n) is 6.71. The maximum absolute atomic E-state index is 12.6. The molecule has 1 saturated heterocycles. The zero-order chi connectivity index (χ0) is 22.3. The number of carbonyl (C=O) groups is 2. The molecule has 0 aliphatic carbocycles. The maximum atomic E-state index is 12.6. The zero-order valence-electron chi connectivity index (χ0n) is 17.1. The van der Waals surface area contributed by atoms with Crippen LogP contribution < -0.4 is 10.1 Å². The van der Waals surface area contributed by atoms with E-state index in [9.17, 15) is 18.0 Å². The number of methoxy groups -OCH3 is 1. The Morgan fingerprint density at radius 1 is 1.06 bits per heavy atom. The van der Waals surface area contributed by atoms with Crippen molar-refractivity contribution in [3.63, 3.8) is 0 Å². The first-order chi connectivity index (χ1) is 14.9. The van der Waals surface area contributed by atoms with Crippen LogP contribution in [0.5, 0.6) is 5.75 Å². The fourth-order valence-corrected chi connectivity index (χ4v) is 4.42. The van der Waals surface area contributed by atoms with Crippen molar-refractivity contribution in [2.75, 3.05) is 40.0 Å². The van der Waals surface area contributed by atoms with Crippen molar-refractivity contribution in [3.05, 3.63) is 59.7 Å². The summed E-state index contributed by atoms with van der Waals surface area (Å²) in [5.74, 6) is -0.541. The highest BCUT2D eigenvalue weighted by atomic mass is 32.2. The molecule has 31 heavy (non-hydrogen) atoms. The van der Waals surface area contributed by atoms with Gasteiger partial charge in [0.1, 0.15) is 5.75 Å². The molecule has 0 unspecified atom stereocenters. The van der Waals surface area contributed by atoms with Gasteiger partial charge in [-0.1, -0.05) is 18.2 Å². The highest BCUT2D eigenvalue weighted by Gasteiger charge is 2.26. The first-order valence-electron chi connectivity index (χ1n) is 9.65. The van der Waals surface area contributed by atoms with E-state index in [1.165, 1.54) is 28.6 Å². The molecule has 0 saturated carbocycles. The molecular weight excluding hydrogens is 424 g/mol. The molecule has 3 rings (SSSR count). The summed E-state index contributed by atoms with van der Waals surface area (Å²) in [5.41, 5.74) is 0.945. The number of benzene rings is 2. The molecule has 1 N–H and O–H groups in total. The Labute approximate surface area is 181 Å². The molecule has 0 radical (unpaired) electrons. The number of para-hydroxylation sites is 1. The lowest BCUT2D eigenvalue weighted by atomic mass is 10.2. The largest absolute Gasteiger partial charge is 0.496 e. The molecule has 0 aromatic heterocycles. The van der Waals surface area contributed by atoms with Gasteiger partial charge in [0.15, 0.2) is 6.61 Å². The van der Waals surface area contributed by atoms with Gasteiger partial charge in [-0.15, -0.1) is 0 Å². The molecule has 0 spiro atoms. The third-order valence-electron chi connectivity index (χ3n) is 4.70. The molecule has 1 heterocycles. The van der Waals surface area contributed by atoms with Crippen LogP contribution >= 0.6 is 0 Å². The Kier molecular flexibility index (Phi) is 7.61. The van der Waals surface area contributed by atoms with E-state index in [-0.39, 0.29) is 30.1 Å². The molecule has 166 valence electrons. The number of rotatable bonds is 8. The van der Waals surface area contributed by atoms with Gasteiger partial charge in [-0.25, -0.2) is 13.2 Å². The minimum atomic E-state index is -3.64. The molecule has 0 atom stereocenters. The molecule has 10 heteroatoms. The van der Waals surface area contributed by atoms with E-state index in [0.29, 0.717) is 19.0 Å². The summed E-state index contributed by atoms with van der Waals surface area (Å²) in [7, 11) is -2.10. The minimum absolute atomic E-state index is 0.0838. The molecule has 0 bridgehead atoms. The van der Waals surface area contributed by atoms with Crippen LogP contribution in [0, 0.1) is 0 Å². The third-order valence-corrected chi connectivity index (χ3v) is 6.61. The van der Waals surface area contributed by atoms with Crippen molar-refractivity contribution in [1.29, 1.82) is 0 Å². The smallest absolute Gasteiger partial charge is 0.338 e. The number of nitrogens with one attached hydrogen (secondary N) is 1. The van der Waals surface area contributed by atoms with Gasteiger partial charge in [-0.05, 0) is 30.3 Å². The minimum Gasteiger partial charge on any atom is -0.496 e. The van der Waals surface area contributed by atoms with Crippen LogP contribution in [0.4, 0.5) is 0 Å². The lowest BCUT2D eigenvalue weighted by Crippen LogP contribution is -2.40. The molecule has 1 aliphatic rings. The van der Waals surface area contributed by atoms with Crippen molar-refractivity contribution in [1.82, 2.24) is 9.62 Å². The van der Waals surface area contributed by atoms with E-state index < -0.39 is 28.5 Å². The molecule has 2 aromatic rings. The van der Waals surface area contributed by atoms with Crippen molar-refractivity contribution < 1.29 is 32.2 Å². The summed E-state index contributed by atoms with van der Waals surface area (Å²) in [5, 5.41) is 2.65. The number of hydrogen-bond donors (Lipinski definition) is 1. The topological polar surface area (TPSA) is 111 Å². The molecule has 2 aromatic carbocycles. The van der Waals surface area contributed by atoms with Crippen LogP contribution in [0.2, 0.25) is 0 Å². The average Bonchev–Trinajstić information content (AvgIpc) is 2.82. The first kappa shape index (κ1) is 22.7. The fraction of sp³-hybridized carbons (Fsp3) is 0.333. The SMILES string of the molecule is COc1ccccc1CNC(=O)COC(=O)c1ccc(S(=O)(=O)N2CCOCC2)cc1. The second kappa shape index (κ2) is 10.4. The molecular formula is C21H24N2O7S. The normalized spacial score (nSPS) is 14.6. The Morgan fingerprint density at radius 3 is 2.42 bits per heavy atom. The predicted molar refractivity (Wildman–Crippen MR) is 111 cm³/mol. The summed E-state index contributed by atoms with van der Waals surface area (Å²) in [6.45, 7) is 1.05. The van der Waals surface area contributed by atoms with Crippen LogP contribution in [-0.2, 0) is 30.8 Å². The van der Waals surface area contributed by atoms with Crippen molar-refractivity contribution in [2.45, 2.75) is 11.4 Å². The summed E-state index contributed by atoms with van der Waals surface area (Å²) in [4.78, 5) is 24.3. The van der Waals surface area contributed by atoms with Gasteiger partial charge in [0, 0.05) is 25.2 Å². The van der Waals surface area contributed by atoms with Gasteiger partial charge in [0.2, 0.25) is 10.0 Å². The van der Waals surface area contributed by atoms with E-state index >= 15 is 0 Å². The Balaban J connectivity index is 1.52. The second-order valence-corrected chi connectivity index (χ2v) is 8.64. The van der Waals surface area contributed by atoms with Crippen LogP contribution in [0.1, 0.15) is 15.9 Å². The Morgan fingerprint density at radius 2 is 1.74 bits per heavy atom. The van der Waals surface area contributed by atoms with E-state index in [0.717, 1.165) is 5.56 Å². The Bertz CT molecular complexity index is 1020. The lowest BCUT2D eigenvalue weighted by Gasteiger charge is -2.26. The van der Waals surface area contributed by atoms with Gasteiger partial charge < -0.3 is 19.5 Å². The highest BCUT2D eigenvalue weighted by molar-refractivity contribution is 7.89. The first-order valence-corrected chi connectivity index (χ1v) is 11.1. The van der Waals surface area contributed by atoms with Crippen molar-refractivity contribution in [3.8, 4) is 5.75 Å². The van der Waals surface area contributed by atoms with E-state index in [4.69, 9.17) is 14.2 Å². The summed E-state index contributed by atoms with van der Waals surface area (Å²) in [6.07, 6.45) is 0. The van der Waals surface area contributed by atoms with Gasteiger partial charge >= 0.3 is 5.97 Å². The Hall–Kier alpha value is -2.95. The van der Waals surface area contributed by atoms with Crippen LogP contribution in [0.25, 0.3) is 0 Å². The lowest BCUT2D eigenvalue weighted by molar-refractivity contribution is -0.124. The monoisotopic (exact) mass is 448 g/mol. The summed E-state index contributed by atoms with van der Waals surface area (Å²) >= 11 is 0. The number of morpholine rings is 1. The predicted octanol–water partition coefficient (Wildman–Crippen LogP) is 1.19. The number of ether oxygens (including phenoxy) is 3.